The standard InChI is InChI=1S/C20H24O4S/c21-20-15(6-5-14-9-10-25(22,23)13-14)11-16-12-18(7-8-19(16)20)24-17-3-1-2-4-17/h7-10,12,14-15,17H,1-6,11,13H2. The Labute approximate surface area is 149 Å². The summed E-state index contributed by atoms with van der Waals surface area (Å²) >= 11 is 0. The highest BCUT2D eigenvalue weighted by atomic mass is 32.2. The number of benzene rings is 1. The molecule has 1 fully saturated rings. The molecule has 4 nitrogen and oxygen atoms in total. The van der Waals surface area contributed by atoms with Crippen LogP contribution in [0.2, 0.25) is 0 Å². The number of rotatable bonds is 5. The summed E-state index contributed by atoms with van der Waals surface area (Å²) in [7, 11) is -3.01. The molecule has 0 amide bonds. The van der Waals surface area contributed by atoms with Crippen LogP contribution in [0.15, 0.2) is 29.7 Å². The molecule has 3 aliphatic rings. The van der Waals surface area contributed by atoms with Crippen molar-refractivity contribution < 1.29 is 17.9 Å². The number of Topliss-reactive ketones (excluding diaryl/α,β-unsaturated/α-hetero) is 1. The fourth-order valence-corrected chi connectivity index (χ4v) is 5.74. The average Bonchev–Trinajstić information content (AvgIpc) is 3.26. The van der Waals surface area contributed by atoms with Gasteiger partial charge >= 0.3 is 0 Å². The Hall–Kier alpha value is -1.62. The third-order valence-electron chi connectivity index (χ3n) is 5.67. The second kappa shape index (κ2) is 6.60. The quantitative estimate of drug-likeness (QED) is 0.803. The smallest absolute Gasteiger partial charge is 0.171 e. The van der Waals surface area contributed by atoms with Crippen molar-refractivity contribution in [1.82, 2.24) is 0 Å². The maximum atomic E-state index is 12.6. The molecule has 0 aromatic heterocycles. The SMILES string of the molecule is O=C1c2ccc(OC3CCCC3)cc2CC1CCC1C=CS(=O)(=O)C1. The molecular formula is C20H24O4S. The number of ketones is 1. The Kier molecular flexibility index (Phi) is 4.44. The topological polar surface area (TPSA) is 60.4 Å². The minimum absolute atomic E-state index is 0.0200. The summed E-state index contributed by atoms with van der Waals surface area (Å²) in [5.74, 6) is 1.31. The summed E-state index contributed by atoms with van der Waals surface area (Å²) in [6.45, 7) is 0. The highest BCUT2D eigenvalue weighted by molar-refractivity contribution is 7.94. The highest BCUT2D eigenvalue weighted by Crippen LogP contribution is 2.35. The lowest BCUT2D eigenvalue weighted by Gasteiger charge is -2.13. The van der Waals surface area contributed by atoms with Crippen molar-refractivity contribution in [3.8, 4) is 5.75 Å². The fourth-order valence-electron chi connectivity index (χ4n) is 4.30. The van der Waals surface area contributed by atoms with Gasteiger partial charge in [-0.05, 0) is 74.6 Å². The summed E-state index contributed by atoms with van der Waals surface area (Å²) in [5.41, 5.74) is 1.90. The van der Waals surface area contributed by atoms with E-state index < -0.39 is 9.84 Å². The average molecular weight is 360 g/mol. The number of allylic oxidation sites excluding steroid dienone is 1. The summed E-state index contributed by atoms with van der Waals surface area (Å²) in [6, 6.07) is 5.86. The summed E-state index contributed by atoms with van der Waals surface area (Å²) in [5, 5.41) is 1.32. The molecule has 0 radical (unpaired) electrons. The van der Waals surface area contributed by atoms with Gasteiger partial charge in [0, 0.05) is 16.9 Å². The minimum atomic E-state index is -3.01. The molecule has 0 spiro atoms. The van der Waals surface area contributed by atoms with E-state index in [0.717, 1.165) is 49.0 Å². The molecule has 1 saturated carbocycles. The number of carbonyl (C=O) groups excluding carboxylic acids is 1. The Morgan fingerprint density at radius 1 is 1.12 bits per heavy atom. The fraction of sp³-hybridized carbons (Fsp3) is 0.550. The molecule has 1 aliphatic heterocycles. The number of carbonyl (C=O) groups is 1. The molecule has 2 atom stereocenters. The molecule has 4 rings (SSSR count). The van der Waals surface area contributed by atoms with Crippen LogP contribution in [0.1, 0.15) is 54.4 Å². The van der Waals surface area contributed by atoms with Crippen molar-refractivity contribution in [2.45, 2.75) is 51.0 Å². The van der Waals surface area contributed by atoms with Gasteiger partial charge in [-0.1, -0.05) is 6.08 Å². The second-order valence-corrected chi connectivity index (χ2v) is 9.54. The van der Waals surface area contributed by atoms with Crippen LogP contribution in [0.4, 0.5) is 0 Å². The Morgan fingerprint density at radius 3 is 2.64 bits per heavy atom. The number of hydrogen-bond acceptors (Lipinski definition) is 4. The van der Waals surface area contributed by atoms with Gasteiger partial charge in [0.1, 0.15) is 5.75 Å². The van der Waals surface area contributed by atoms with Crippen molar-refractivity contribution in [3.63, 3.8) is 0 Å². The van der Waals surface area contributed by atoms with E-state index in [0.29, 0.717) is 6.10 Å². The molecule has 1 heterocycles. The first-order valence-electron chi connectivity index (χ1n) is 9.25. The van der Waals surface area contributed by atoms with Gasteiger partial charge in [-0.25, -0.2) is 8.42 Å². The van der Waals surface area contributed by atoms with Gasteiger partial charge in [-0.2, -0.15) is 0 Å². The lowest BCUT2D eigenvalue weighted by atomic mass is 9.94. The van der Waals surface area contributed by atoms with E-state index in [1.165, 1.54) is 18.2 Å². The van der Waals surface area contributed by atoms with Gasteiger partial charge in [-0.3, -0.25) is 4.79 Å². The van der Waals surface area contributed by atoms with Crippen LogP contribution in [-0.2, 0) is 16.3 Å². The monoisotopic (exact) mass is 360 g/mol. The lowest BCUT2D eigenvalue weighted by molar-refractivity contribution is 0.0928. The Bertz CT molecular complexity index is 803. The summed E-state index contributed by atoms with van der Waals surface area (Å²) in [6.07, 6.45) is 9.06. The zero-order valence-corrected chi connectivity index (χ0v) is 15.1. The predicted octanol–water partition coefficient (Wildman–Crippen LogP) is 3.70. The highest BCUT2D eigenvalue weighted by Gasteiger charge is 2.32. The van der Waals surface area contributed by atoms with Crippen LogP contribution < -0.4 is 4.74 Å². The van der Waals surface area contributed by atoms with E-state index in [1.54, 1.807) is 6.08 Å². The first-order chi connectivity index (χ1) is 12.0. The zero-order valence-electron chi connectivity index (χ0n) is 14.3. The molecule has 0 bridgehead atoms. The molecule has 2 aliphatic carbocycles. The van der Waals surface area contributed by atoms with Crippen molar-refractivity contribution in [2.24, 2.45) is 11.8 Å². The number of fused-ring (bicyclic) bond motifs is 1. The van der Waals surface area contributed by atoms with Crippen LogP contribution in [0.3, 0.4) is 0 Å². The van der Waals surface area contributed by atoms with Crippen LogP contribution >= 0.6 is 0 Å². The van der Waals surface area contributed by atoms with Gasteiger partial charge in [0.2, 0.25) is 0 Å². The molecule has 2 unspecified atom stereocenters. The van der Waals surface area contributed by atoms with Crippen LogP contribution in [0, 0.1) is 11.8 Å². The third-order valence-corrected chi connectivity index (χ3v) is 7.14. The maximum Gasteiger partial charge on any atom is 0.171 e. The molecule has 1 aromatic rings. The first kappa shape index (κ1) is 16.8. The number of sulfone groups is 1. The largest absolute Gasteiger partial charge is 0.490 e. The molecule has 1 aromatic carbocycles. The van der Waals surface area contributed by atoms with Gasteiger partial charge in [0.25, 0.3) is 0 Å². The van der Waals surface area contributed by atoms with E-state index in [4.69, 9.17) is 4.74 Å². The van der Waals surface area contributed by atoms with Crippen molar-refractivity contribution >= 4 is 15.6 Å². The zero-order chi connectivity index (χ0) is 17.4. The van der Waals surface area contributed by atoms with Crippen LogP contribution in [0.5, 0.6) is 5.75 Å². The van der Waals surface area contributed by atoms with E-state index in [9.17, 15) is 13.2 Å². The number of hydrogen-bond donors (Lipinski definition) is 0. The van der Waals surface area contributed by atoms with Gasteiger partial charge < -0.3 is 4.74 Å². The van der Waals surface area contributed by atoms with Gasteiger partial charge in [0.15, 0.2) is 15.6 Å². The van der Waals surface area contributed by atoms with E-state index in [-0.39, 0.29) is 23.4 Å². The van der Waals surface area contributed by atoms with Crippen molar-refractivity contribution in [1.29, 1.82) is 0 Å². The minimum Gasteiger partial charge on any atom is -0.490 e. The van der Waals surface area contributed by atoms with E-state index >= 15 is 0 Å². The van der Waals surface area contributed by atoms with Gasteiger partial charge in [-0.15, -0.1) is 0 Å². The van der Waals surface area contributed by atoms with Crippen molar-refractivity contribution in [2.75, 3.05) is 5.75 Å². The molecule has 0 N–H and O–H groups in total. The van der Waals surface area contributed by atoms with E-state index in [1.807, 2.05) is 18.2 Å². The molecule has 134 valence electrons. The molecule has 5 heteroatoms. The molecule has 0 saturated heterocycles. The summed E-state index contributed by atoms with van der Waals surface area (Å²) < 4.78 is 29.0. The Balaban J connectivity index is 1.38. The third kappa shape index (κ3) is 3.66. The first-order valence-corrected chi connectivity index (χ1v) is 11.0. The van der Waals surface area contributed by atoms with Crippen molar-refractivity contribution in [3.05, 3.63) is 40.8 Å². The predicted molar refractivity (Wildman–Crippen MR) is 96.5 cm³/mol. The lowest BCUT2D eigenvalue weighted by Crippen LogP contribution is -2.12. The Morgan fingerprint density at radius 2 is 1.92 bits per heavy atom. The number of ether oxygens (including phenoxy) is 1. The molecular weight excluding hydrogens is 336 g/mol. The second-order valence-electron chi connectivity index (χ2n) is 7.60. The van der Waals surface area contributed by atoms with Crippen LogP contribution in [-0.4, -0.2) is 26.1 Å². The van der Waals surface area contributed by atoms with Crippen LogP contribution in [0.25, 0.3) is 0 Å². The maximum absolute atomic E-state index is 12.6. The normalized spacial score (nSPS) is 27.8. The molecule has 25 heavy (non-hydrogen) atoms. The van der Waals surface area contributed by atoms with E-state index in [2.05, 4.69) is 0 Å². The van der Waals surface area contributed by atoms with Gasteiger partial charge in [0.05, 0.1) is 11.9 Å². The summed E-state index contributed by atoms with van der Waals surface area (Å²) in [4.78, 5) is 12.6.